The number of benzene rings is 1. The summed E-state index contributed by atoms with van der Waals surface area (Å²) < 4.78 is 0. The molecule has 0 radical (unpaired) electrons. The van der Waals surface area contributed by atoms with Gasteiger partial charge < -0.3 is 10.2 Å². The van der Waals surface area contributed by atoms with E-state index < -0.39 is 0 Å². The Morgan fingerprint density at radius 1 is 1.21 bits per heavy atom. The molecule has 2 aliphatic heterocycles. The summed E-state index contributed by atoms with van der Waals surface area (Å²) in [5.74, 6) is 1.77. The van der Waals surface area contributed by atoms with Gasteiger partial charge >= 0.3 is 0 Å². The first-order valence-electron chi connectivity index (χ1n) is 10.8. The van der Waals surface area contributed by atoms with Crippen LogP contribution in [0, 0.1) is 19.8 Å². The van der Waals surface area contributed by atoms with Gasteiger partial charge in [0.25, 0.3) is 0 Å². The predicted molar refractivity (Wildman–Crippen MR) is 121 cm³/mol. The third-order valence-electron chi connectivity index (χ3n) is 6.33. The summed E-state index contributed by atoms with van der Waals surface area (Å²) in [4.78, 5) is 15.6. The molecule has 1 N–H and O–H groups in total. The minimum absolute atomic E-state index is 0.699. The van der Waals surface area contributed by atoms with E-state index in [1.54, 1.807) is 11.3 Å². The smallest absolute Gasteiger partial charge is 0.193 e. The number of nitrogens with one attached hydrogen (secondary N) is 1. The average Bonchev–Trinajstić information content (AvgIpc) is 3.06. The number of rotatable bonds is 4. The second-order valence-corrected chi connectivity index (χ2v) is 9.59. The summed E-state index contributed by atoms with van der Waals surface area (Å²) >= 11 is 1.78. The largest absolute Gasteiger partial charge is 0.351 e. The normalized spacial score (nSPS) is 23.1. The molecule has 0 aliphatic carbocycles. The van der Waals surface area contributed by atoms with E-state index in [1.165, 1.54) is 36.2 Å². The second kappa shape index (κ2) is 9.26. The van der Waals surface area contributed by atoms with Crippen molar-refractivity contribution in [1.29, 1.82) is 0 Å². The number of thiazole rings is 1. The molecule has 0 spiro atoms. The molecule has 2 atom stereocenters. The third-order valence-corrected chi connectivity index (χ3v) is 7.40. The van der Waals surface area contributed by atoms with Crippen molar-refractivity contribution in [2.24, 2.45) is 10.9 Å². The number of guanidine groups is 1. The molecule has 2 unspecified atom stereocenters. The van der Waals surface area contributed by atoms with E-state index in [1.807, 2.05) is 7.05 Å². The lowest BCUT2D eigenvalue weighted by Gasteiger charge is -2.48. The minimum atomic E-state index is 0.699. The fourth-order valence-electron chi connectivity index (χ4n) is 4.94. The van der Waals surface area contributed by atoms with Crippen molar-refractivity contribution in [3.8, 4) is 0 Å². The predicted octanol–water partition coefficient (Wildman–Crippen LogP) is 3.82. The summed E-state index contributed by atoms with van der Waals surface area (Å²) in [6.45, 7) is 9.48. The molecule has 0 saturated carbocycles. The zero-order valence-electron chi connectivity index (χ0n) is 17.9. The second-order valence-electron chi connectivity index (χ2n) is 8.30. The van der Waals surface area contributed by atoms with Crippen molar-refractivity contribution in [3.63, 3.8) is 0 Å². The van der Waals surface area contributed by atoms with Gasteiger partial charge in [-0.15, -0.1) is 11.3 Å². The van der Waals surface area contributed by atoms with Gasteiger partial charge in [0.2, 0.25) is 0 Å². The van der Waals surface area contributed by atoms with E-state index in [4.69, 9.17) is 0 Å². The molecule has 1 aromatic heterocycles. The van der Waals surface area contributed by atoms with Gasteiger partial charge in [-0.1, -0.05) is 30.3 Å². The van der Waals surface area contributed by atoms with Crippen molar-refractivity contribution in [2.45, 2.75) is 52.2 Å². The lowest BCUT2D eigenvalue weighted by atomic mass is 9.83. The van der Waals surface area contributed by atoms with Gasteiger partial charge in [0.1, 0.15) is 0 Å². The van der Waals surface area contributed by atoms with Gasteiger partial charge in [-0.2, -0.15) is 0 Å². The van der Waals surface area contributed by atoms with Gasteiger partial charge in [-0.3, -0.25) is 9.89 Å². The molecule has 6 heteroatoms. The van der Waals surface area contributed by atoms with Crippen molar-refractivity contribution < 1.29 is 0 Å². The maximum Gasteiger partial charge on any atom is 0.193 e. The highest BCUT2D eigenvalue weighted by Crippen LogP contribution is 2.31. The molecular formula is C23H33N5S. The van der Waals surface area contributed by atoms with Gasteiger partial charge in [0.15, 0.2) is 5.96 Å². The Balaban J connectivity index is 1.36. The van der Waals surface area contributed by atoms with Crippen LogP contribution in [0.4, 0.5) is 0 Å². The lowest BCUT2D eigenvalue weighted by molar-refractivity contribution is 0.0372. The van der Waals surface area contributed by atoms with Crippen LogP contribution in [0.1, 0.15) is 40.4 Å². The molecule has 4 rings (SSSR count). The Labute approximate surface area is 178 Å². The zero-order chi connectivity index (χ0) is 20.2. The lowest BCUT2D eigenvalue weighted by Crippen LogP contribution is -2.56. The molecule has 2 fully saturated rings. The number of piperidine rings is 2. The van der Waals surface area contributed by atoms with Crippen LogP contribution in [0.15, 0.2) is 35.3 Å². The molecule has 3 heterocycles. The molecule has 2 aromatic rings. The topological polar surface area (TPSA) is 43.8 Å². The maximum atomic E-state index is 4.59. The van der Waals surface area contributed by atoms with Gasteiger partial charge in [0, 0.05) is 37.6 Å². The molecule has 5 nitrogen and oxygen atoms in total. The molecule has 0 amide bonds. The van der Waals surface area contributed by atoms with Crippen LogP contribution >= 0.6 is 11.3 Å². The van der Waals surface area contributed by atoms with Gasteiger partial charge in [0.05, 0.1) is 17.2 Å². The van der Waals surface area contributed by atoms with Crippen LogP contribution in [0.2, 0.25) is 0 Å². The number of aryl methyl sites for hydroxylation is 2. The van der Waals surface area contributed by atoms with Crippen molar-refractivity contribution in [1.82, 2.24) is 20.1 Å². The van der Waals surface area contributed by atoms with E-state index >= 15 is 0 Å². The van der Waals surface area contributed by atoms with E-state index in [9.17, 15) is 0 Å². The standard InChI is InChI=1S/C23H33N5S/c1-17-22(29-18(2)26-17)14-25-23(24-3)28-13-11-21-20(16-28)10-7-12-27(21)15-19-8-5-4-6-9-19/h4-6,8-9,20-21H,7,10-16H2,1-3H3,(H,24,25). The summed E-state index contributed by atoms with van der Waals surface area (Å²) in [5, 5.41) is 4.72. The van der Waals surface area contributed by atoms with Crippen LogP contribution in [-0.2, 0) is 13.1 Å². The quantitative estimate of drug-likeness (QED) is 0.614. The zero-order valence-corrected chi connectivity index (χ0v) is 18.7. The number of hydrogen-bond acceptors (Lipinski definition) is 4. The fraction of sp³-hybridized carbons (Fsp3) is 0.565. The molecule has 2 aliphatic rings. The summed E-state index contributed by atoms with van der Waals surface area (Å²) in [6, 6.07) is 11.6. The Kier molecular flexibility index (Phi) is 6.50. The SMILES string of the molecule is CN=C(NCc1sc(C)nc1C)N1CCC2C(CCCN2Cc2ccccc2)C1. The third kappa shape index (κ3) is 4.81. The highest BCUT2D eigenvalue weighted by Gasteiger charge is 2.36. The van der Waals surface area contributed by atoms with E-state index in [2.05, 4.69) is 69.3 Å². The number of hydrogen-bond donors (Lipinski definition) is 1. The molecular weight excluding hydrogens is 378 g/mol. The summed E-state index contributed by atoms with van der Waals surface area (Å²) in [6.07, 6.45) is 3.85. The first kappa shape index (κ1) is 20.4. The van der Waals surface area contributed by atoms with Crippen molar-refractivity contribution in [3.05, 3.63) is 51.5 Å². The maximum absolute atomic E-state index is 4.59. The summed E-state index contributed by atoms with van der Waals surface area (Å²) in [5.41, 5.74) is 2.57. The first-order valence-corrected chi connectivity index (χ1v) is 11.6. The molecule has 156 valence electrons. The Morgan fingerprint density at radius 3 is 2.76 bits per heavy atom. The first-order chi connectivity index (χ1) is 14.1. The van der Waals surface area contributed by atoms with Gasteiger partial charge in [-0.25, -0.2) is 4.98 Å². The van der Waals surface area contributed by atoms with Gasteiger partial charge in [-0.05, 0) is 51.1 Å². The van der Waals surface area contributed by atoms with Crippen LogP contribution in [0.5, 0.6) is 0 Å². The van der Waals surface area contributed by atoms with Crippen LogP contribution in [-0.4, -0.2) is 53.5 Å². The number of nitrogens with zero attached hydrogens (tertiary/aromatic N) is 4. The van der Waals surface area contributed by atoms with E-state index in [0.717, 1.165) is 48.8 Å². The van der Waals surface area contributed by atoms with E-state index in [0.29, 0.717) is 6.04 Å². The average molecular weight is 412 g/mol. The Bertz CT molecular complexity index is 831. The number of fused-ring (bicyclic) bond motifs is 1. The monoisotopic (exact) mass is 411 g/mol. The molecule has 29 heavy (non-hydrogen) atoms. The summed E-state index contributed by atoms with van der Waals surface area (Å²) in [7, 11) is 1.90. The van der Waals surface area contributed by atoms with Crippen LogP contribution in [0.3, 0.4) is 0 Å². The molecule has 1 aromatic carbocycles. The molecule has 0 bridgehead atoms. The minimum Gasteiger partial charge on any atom is -0.351 e. The Morgan fingerprint density at radius 2 is 2.03 bits per heavy atom. The number of aromatic nitrogens is 1. The number of aliphatic imine (C=N–C) groups is 1. The van der Waals surface area contributed by atoms with Crippen LogP contribution in [0.25, 0.3) is 0 Å². The van der Waals surface area contributed by atoms with Crippen molar-refractivity contribution >= 4 is 17.3 Å². The highest BCUT2D eigenvalue weighted by molar-refractivity contribution is 7.11. The van der Waals surface area contributed by atoms with Crippen LogP contribution < -0.4 is 5.32 Å². The van der Waals surface area contributed by atoms with E-state index in [-0.39, 0.29) is 0 Å². The molecule has 2 saturated heterocycles. The van der Waals surface area contributed by atoms with Crippen molar-refractivity contribution in [2.75, 3.05) is 26.7 Å². The number of likely N-dealkylation sites (tertiary alicyclic amines) is 2. The Hall–Kier alpha value is -1.92. The fourth-order valence-corrected chi connectivity index (χ4v) is 5.82. The highest BCUT2D eigenvalue weighted by atomic mass is 32.1.